The molecule has 0 aliphatic rings. The Labute approximate surface area is 100.0 Å². The largest absolute Gasteiger partial charge is 0.484 e. The first kappa shape index (κ1) is 13.3. The van der Waals surface area contributed by atoms with E-state index in [0.717, 1.165) is 12.5 Å². The van der Waals surface area contributed by atoms with Crippen molar-refractivity contribution in [2.45, 2.75) is 26.3 Å². The topological polar surface area (TPSA) is 64.3 Å². The predicted molar refractivity (Wildman–Crippen MR) is 64.2 cm³/mol. The third-order valence-electron chi connectivity index (χ3n) is 2.36. The number of amides is 1. The fraction of sp³-hybridized carbons (Fsp3) is 0.417. The van der Waals surface area contributed by atoms with Crippen molar-refractivity contribution in [2.24, 2.45) is 0 Å². The van der Waals surface area contributed by atoms with Crippen LogP contribution in [0.2, 0.25) is 0 Å². The Kier molecular flexibility index (Phi) is 4.75. The van der Waals surface area contributed by atoms with Gasteiger partial charge in [-0.2, -0.15) is 0 Å². The zero-order valence-electron chi connectivity index (χ0n) is 10.00. The van der Waals surface area contributed by atoms with Crippen LogP contribution in [-0.4, -0.2) is 18.6 Å². The highest BCUT2D eigenvalue weighted by Gasteiger charge is 2.07. The molecular weight excluding hydrogens is 223 g/mol. The lowest BCUT2D eigenvalue weighted by atomic mass is 10.2. The molecule has 1 rings (SSSR count). The molecule has 1 atom stereocenters. The van der Waals surface area contributed by atoms with E-state index in [1.54, 1.807) is 0 Å². The fourth-order valence-electron chi connectivity index (χ4n) is 1.17. The lowest BCUT2D eigenvalue weighted by Gasteiger charge is -2.12. The van der Waals surface area contributed by atoms with Gasteiger partial charge >= 0.3 is 0 Å². The predicted octanol–water partition coefficient (Wildman–Crippen LogP) is 1.70. The molecule has 0 bridgehead atoms. The zero-order valence-corrected chi connectivity index (χ0v) is 10.00. The number of nitrogens with two attached hydrogens (primary N) is 1. The molecule has 0 saturated carbocycles. The molecule has 0 spiro atoms. The first-order valence-electron chi connectivity index (χ1n) is 5.50. The van der Waals surface area contributed by atoms with Crippen LogP contribution in [0.15, 0.2) is 18.2 Å². The summed E-state index contributed by atoms with van der Waals surface area (Å²) in [6.07, 6.45) is 0.849. The molecule has 0 heterocycles. The second-order valence-corrected chi connectivity index (χ2v) is 3.85. The van der Waals surface area contributed by atoms with E-state index in [4.69, 9.17) is 10.5 Å². The molecule has 94 valence electrons. The Morgan fingerprint density at radius 3 is 2.88 bits per heavy atom. The van der Waals surface area contributed by atoms with E-state index in [0.29, 0.717) is 0 Å². The van der Waals surface area contributed by atoms with Gasteiger partial charge in [-0.15, -0.1) is 0 Å². The molecule has 0 saturated heterocycles. The molecule has 0 aliphatic carbocycles. The van der Waals surface area contributed by atoms with Crippen molar-refractivity contribution in [3.05, 3.63) is 24.0 Å². The minimum absolute atomic E-state index is 0.0569. The SMILES string of the molecule is CCC(C)NC(=O)COc1ccc(N)c(F)c1. The molecule has 0 aromatic heterocycles. The maximum absolute atomic E-state index is 13.1. The third-order valence-corrected chi connectivity index (χ3v) is 2.36. The van der Waals surface area contributed by atoms with Gasteiger partial charge in [-0.25, -0.2) is 4.39 Å². The average Bonchev–Trinajstić information content (AvgIpc) is 2.30. The highest BCUT2D eigenvalue weighted by Crippen LogP contribution is 2.17. The molecule has 4 nitrogen and oxygen atoms in total. The van der Waals surface area contributed by atoms with Crippen LogP contribution in [0.4, 0.5) is 10.1 Å². The van der Waals surface area contributed by atoms with E-state index in [1.165, 1.54) is 12.1 Å². The number of carbonyl (C=O) groups excluding carboxylic acids is 1. The molecule has 3 N–H and O–H groups in total. The van der Waals surface area contributed by atoms with Gasteiger partial charge in [-0.3, -0.25) is 4.79 Å². The quantitative estimate of drug-likeness (QED) is 0.770. The second kappa shape index (κ2) is 6.08. The van der Waals surface area contributed by atoms with Crippen molar-refractivity contribution in [1.29, 1.82) is 0 Å². The van der Waals surface area contributed by atoms with Crippen molar-refractivity contribution >= 4 is 11.6 Å². The van der Waals surface area contributed by atoms with E-state index < -0.39 is 5.82 Å². The zero-order chi connectivity index (χ0) is 12.8. The van der Waals surface area contributed by atoms with Crippen LogP contribution in [0.3, 0.4) is 0 Å². The molecule has 17 heavy (non-hydrogen) atoms. The number of nitrogens with one attached hydrogen (secondary N) is 1. The minimum Gasteiger partial charge on any atom is -0.484 e. The van der Waals surface area contributed by atoms with Crippen LogP contribution in [0, 0.1) is 5.82 Å². The number of ether oxygens (including phenoxy) is 1. The summed E-state index contributed by atoms with van der Waals surface area (Å²) in [6, 6.07) is 4.19. The van der Waals surface area contributed by atoms with Crippen molar-refractivity contribution in [1.82, 2.24) is 5.32 Å². The number of nitrogen functional groups attached to an aromatic ring is 1. The normalized spacial score (nSPS) is 11.9. The van der Waals surface area contributed by atoms with Gasteiger partial charge in [0.1, 0.15) is 11.6 Å². The van der Waals surface area contributed by atoms with Crippen molar-refractivity contribution in [3.63, 3.8) is 0 Å². The smallest absolute Gasteiger partial charge is 0.258 e. The molecular formula is C12H17FN2O2. The summed E-state index contributed by atoms with van der Waals surface area (Å²) in [4.78, 5) is 11.4. The van der Waals surface area contributed by atoms with Gasteiger partial charge in [0, 0.05) is 12.1 Å². The summed E-state index contributed by atoms with van der Waals surface area (Å²) in [7, 11) is 0. The van der Waals surface area contributed by atoms with Crippen LogP contribution in [0.5, 0.6) is 5.75 Å². The van der Waals surface area contributed by atoms with Crippen LogP contribution >= 0.6 is 0 Å². The van der Waals surface area contributed by atoms with E-state index >= 15 is 0 Å². The Bertz CT molecular complexity index is 396. The van der Waals surface area contributed by atoms with Crippen molar-refractivity contribution < 1.29 is 13.9 Å². The van der Waals surface area contributed by atoms with Crippen LogP contribution in [-0.2, 0) is 4.79 Å². The summed E-state index contributed by atoms with van der Waals surface area (Å²) >= 11 is 0. The van der Waals surface area contributed by atoms with Gasteiger partial charge in [0.15, 0.2) is 6.61 Å². The molecule has 5 heteroatoms. The lowest BCUT2D eigenvalue weighted by molar-refractivity contribution is -0.123. The van der Waals surface area contributed by atoms with Gasteiger partial charge in [0.2, 0.25) is 0 Å². The number of halogens is 1. The second-order valence-electron chi connectivity index (χ2n) is 3.85. The number of benzene rings is 1. The molecule has 1 aromatic carbocycles. The van der Waals surface area contributed by atoms with E-state index in [2.05, 4.69) is 5.32 Å². The maximum Gasteiger partial charge on any atom is 0.258 e. The summed E-state index contributed by atoms with van der Waals surface area (Å²) in [5.74, 6) is -0.489. The Morgan fingerprint density at radius 1 is 1.59 bits per heavy atom. The fourth-order valence-corrected chi connectivity index (χ4v) is 1.17. The highest BCUT2D eigenvalue weighted by atomic mass is 19.1. The molecule has 1 unspecified atom stereocenters. The number of hydrogen-bond donors (Lipinski definition) is 2. The summed E-state index contributed by atoms with van der Waals surface area (Å²) in [5, 5.41) is 2.74. The molecule has 0 aliphatic heterocycles. The van der Waals surface area contributed by atoms with Gasteiger partial charge < -0.3 is 15.8 Å². The van der Waals surface area contributed by atoms with E-state index in [-0.39, 0.29) is 30.0 Å². The van der Waals surface area contributed by atoms with Gasteiger partial charge in [0.05, 0.1) is 5.69 Å². The highest BCUT2D eigenvalue weighted by molar-refractivity contribution is 5.77. The molecule has 0 fully saturated rings. The summed E-state index contributed by atoms with van der Waals surface area (Å²) < 4.78 is 18.2. The Hall–Kier alpha value is -1.78. The monoisotopic (exact) mass is 240 g/mol. The molecule has 1 amide bonds. The van der Waals surface area contributed by atoms with Gasteiger partial charge in [0.25, 0.3) is 5.91 Å². The van der Waals surface area contributed by atoms with Crippen LogP contribution in [0.1, 0.15) is 20.3 Å². The first-order valence-corrected chi connectivity index (χ1v) is 5.50. The summed E-state index contributed by atoms with van der Waals surface area (Å²) in [6.45, 7) is 3.75. The minimum atomic E-state index is -0.551. The number of carbonyl (C=O) groups is 1. The molecule has 0 radical (unpaired) electrons. The lowest BCUT2D eigenvalue weighted by Crippen LogP contribution is -2.35. The van der Waals surface area contributed by atoms with Crippen LogP contribution in [0.25, 0.3) is 0 Å². The van der Waals surface area contributed by atoms with Crippen LogP contribution < -0.4 is 15.8 Å². The van der Waals surface area contributed by atoms with Crippen molar-refractivity contribution in [2.75, 3.05) is 12.3 Å². The van der Waals surface area contributed by atoms with Gasteiger partial charge in [-0.1, -0.05) is 6.92 Å². The third kappa shape index (κ3) is 4.30. The number of rotatable bonds is 5. The van der Waals surface area contributed by atoms with Gasteiger partial charge in [-0.05, 0) is 25.5 Å². The first-order chi connectivity index (χ1) is 8.02. The maximum atomic E-state index is 13.1. The summed E-state index contributed by atoms with van der Waals surface area (Å²) in [5.41, 5.74) is 5.38. The van der Waals surface area contributed by atoms with E-state index in [9.17, 15) is 9.18 Å². The van der Waals surface area contributed by atoms with E-state index in [1.807, 2.05) is 13.8 Å². The number of hydrogen-bond acceptors (Lipinski definition) is 3. The Morgan fingerprint density at radius 2 is 2.29 bits per heavy atom. The standard InChI is InChI=1S/C12H17FN2O2/c1-3-8(2)15-12(16)7-17-9-4-5-11(14)10(13)6-9/h4-6,8H,3,7,14H2,1-2H3,(H,15,16). The average molecular weight is 240 g/mol. The Balaban J connectivity index is 2.45. The molecule has 1 aromatic rings. The number of anilines is 1. The van der Waals surface area contributed by atoms with Crippen molar-refractivity contribution in [3.8, 4) is 5.75 Å².